The zero-order valence-electron chi connectivity index (χ0n) is 34.6. The summed E-state index contributed by atoms with van der Waals surface area (Å²) in [7, 11) is 0. The van der Waals surface area contributed by atoms with Crippen molar-refractivity contribution in [1.82, 2.24) is 37.2 Å². The number of carbonyl (C=O) groups excluding carboxylic acids is 7. The molecule has 0 aliphatic carbocycles. The average molecular weight is 792 g/mol. The van der Waals surface area contributed by atoms with Crippen molar-refractivity contribution in [3.63, 3.8) is 0 Å². The number of carbonyl (C=O) groups is 7. The Kier molecular flexibility index (Phi) is 33.2. The van der Waals surface area contributed by atoms with Crippen LogP contribution in [0.5, 0.6) is 0 Å². The summed E-state index contributed by atoms with van der Waals surface area (Å²) in [4.78, 5) is 84.8. The van der Waals surface area contributed by atoms with Crippen molar-refractivity contribution in [2.24, 2.45) is 0 Å². The minimum Gasteiger partial charge on any atom is -0.356 e. The number of hydrogen-bond acceptors (Lipinski definition) is 7. The fourth-order valence-corrected chi connectivity index (χ4v) is 6.32. The Bertz CT molecular complexity index is 800. The fourth-order valence-electron chi connectivity index (χ4n) is 6.32. The van der Waals surface area contributed by atoms with Gasteiger partial charge in [-0.1, -0.05) is 44.9 Å². The van der Waals surface area contributed by atoms with Gasteiger partial charge in [-0.3, -0.25) is 33.6 Å². The van der Waals surface area contributed by atoms with E-state index in [0.29, 0.717) is 90.8 Å². The van der Waals surface area contributed by atoms with Crippen LogP contribution in [0, 0.1) is 0 Å². The monoisotopic (exact) mass is 792 g/mol. The maximum Gasteiger partial charge on any atom is 0.219 e. The summed E-state index contributed by atoms with van der Waals surface area (Å²) in [6.07, 6.45) is 20.7. The summed E-state index contributed by atoms with van der Waals surface area (Å²) in [6.45, 7) is 4.26. The first-order valence-corrected chi connectivity index (χ1v) is 22.1. The molecule has 0 spiro atoms. The van der Waals surface area contributed by atoms with E-state index < -0.39 is 0 Å². The van der Waals surface area contributed by atoms with E-state index in [1.54, 1.807) is 0 Å². The smallest absolute Gasteiger partial charge is 0.219 e. The summed E-state index contributed by atoms with van der Waals surface area (Å²) in [5.74, 6) is 0.269. The van der Waals surface area contributed by atoms with Crippen LogP contribution in [0.3, 0.4) is 0 Å². The third-order valence-corrected chi connectivity index (χ3v) is 9.82. The fraction of sp³-hybridized carbons (Fsp3) is 0.833. The number of rotatable bonds is 0. The Morgan fingerprint density at radius 2 is 0.304 bits per heavy atom. The lowest BCUT2D eigenvalue weighted by atomic mass is 10.1. The van der Waals surface area contributed by atoms with E-state index in [0.717, 1.165) is 135 Å². The van der Waals surface area contributed by atoms with Gasteiger partial charge in [-0.25, -0.2) is 0 Å². The molecular formula is C42H77N7O7. The summed E-state index contributed by atoms with van der Waals surface area (Å²) in [6, 6.07) is 0. The van der Waals surface area contributed by atoms with Gasteiger partial charge in [0.25, 0.3) is 0 Å². The number of amides is 7. The van der Waals surface area contributed by atoms with Crippen molar-refractivity contribution in [2.75, 3.05) is 45.8 Å². The van der Waals surface area contributed by atoms with Crippen LogP contribution in [0.15, 0.2) is 0 Å². The Morgan fingerprint density at radius 1 is 0.179 bits per heavy atom. The predicted octanol–water partition coefficient (Wildman–Crippen LogP) is 4.74. The molecule has 56 heavy (non-hydrogen) atoms. The quantitative estimate of drug-likeness (QED) is 0.184. The van der Waals surface area contributed by atoms with E-state index in [1.165, 1.54) is 0 Å². The second-order valence-electron chi connectivity index (χ2n) is 15.1. The van der Waals surface area contributed by atoms with E-state index in [4.69, 9.17) is 0 Å². The van der Waals surface area contributed by atoms with Crippen molar-refractivity contribution in [3.8, 4) is 0 Å². The number of nitrogens with one attached hydrogen (secondary N) is 7. The van der Waals surface area contributed by atoms with Crippen molar-refractivity contribution < 1.29 is 33.6 Å². The van der Waals surface area contributed by atoms with E-state index >= 15 is 0 Å². The molecule has 14 heteroatoms. The first kappa shape index (κ1) is 50.3. The molecule has 14 nitrogen and oxygen atoms in total. The molecule has 0 saturated carbocycles. The lowest BCUT2D eigenvalue weighted by Gasteiger charge is -2.08. The molecule has 1 rings (SSSR count). The highest BCUT2D eigenvalue weighted by Crippen LogP contribution is 2.06. The van der Waals surface area contributed by atoms with Gasteiger partial charge in [0.2, 0.25) is 41.4 Å². The molecular weight excluding hydrogens is 715 g/mol. The lowest BCUT2D eigenvalue weighted by molar-refractivity contribution is -0.122. The SMILES string of the molecule is O=C1CCCCCNC(=O)CCCCCNC(=O)CCCCCNC(=O)CCCCCNC(=O)CCCCCNC(=O)CCCCCNC(=O)CCCCCN1. The third-order valence-electron chi connectivity index (χ3n) is 9.82. The third kappa shape index (κ3) is 34.8. The Morgan fingerprint density at radius 3 is 0.429 bits per heavy atom. The van der Waals surface area contributed by atoms with Gasteiger partial charge in [-0.2, -0.15) is 0 Å². The van der Waals surface area contributed by atoms with E-state index in [-0.39, 0.29) is 41.4 Å². The molecule has 1 aliphatic heterocycles. The van der Waals surface area contributed by atoms with Gasteiger partial charge in [0, 0.05) is 90.8 Å². The van der Waals surface area contributed by atoms with Crippen molar-refractivity contribution in [2.45, 2.75) is 180 Å². The zero-order valence-corrected chi connectivity index (χ0v) is 34.6. The van der Waals surface area contributed by atoms with Crippen LogP contribution in [0.2, 0.25) is 0 Å². The van der Waals surface area contributed by atoms with E-state index in [2.05, 4.69) is 37.2 Å². The van der Waals surface area contributed by atoms with Crippen LogP contribution in [0.4, 0.5) is 0 Å². The van der Waals surface area contributed by atoms with E-state index in [9.17, 15) is 33.6 Å². The molecule has 7 amide bonds. The average Bonchev–Trinajstić information content (AvgIpc) is 3.17. The summed E-state index contributed by atoms with van der Waals surface area (Å²) >= 11 is 0. The van der Waals surface area contributed by atoms with Gasteiger partial charge in [0.15, 0.2) is 0 Å². The van der Waals surface area contributed by atoms with Crippen LogP contribution >= 0.6 is 0 Å². The minimum absolute atomic E-state index is 0.0384. The van der Waals surface area contributed by atoms with Crippen LogP contribution in [0.1, 0.15) is 180 Å². The second-order valence-corrected chi connectivity index (χ2v) is 15.1. The van der Waals surface area contributed by atoms with Crippen LogP contribution in [-0.4, -0.2) is 87.2 Å². The summed E-state index contributed by atoms with van der Waals surface area (Å²) < 4.78 is 0. The van der Waals surface area contributed by atoms with Gasteiger partial charge < -0.3 is 37.2 Å². The standard InChI is InChI=1S/C42H77N7O7/c50-36-22-8-1-15-29-43-37(51)23-9-2-17-31-45-39(53)25-11-4-19-33-47-41(55)27-13-6-21-35-49-42(56)28-14-7-20-34-48-40(54)26-12-5-18-32-46-38(52)24-10-3-16-30-44-36/h1-35H2,(H,43,51)(H,44,50)(H,45,53)(H,46,52)(H,47,55)(H,48,54)(H,49,56). The summed E-state index contributed by atoms with van der Waals surface area (Å²) in [5, 5.41) is 20.6. The Balaban J connectivity index is 2.27. The molecule has 1 saturated heterocycles. The van der Waals surface area contributed by atoms with Crippen LogP contribution in [0.25, 0.3) is 0 Å². The molecule has 1 fully saturated rings. The van der Waals surface area contributed by atoms with Gasteiger partial charge in [-0.05, 0) is 89.9 Å². The Hall–Kier alpha value is -3.71. The highest BCUT2D eigenvalue weighted by Gasteiger charge is 2.07. The predicted molar refractivity (Wildman–Crippen MR) is 220 cm³/mol. The molecule has 7 N–H and O–H groups in total. The molecule has 322 valence electrons. The van der Waals surface area contributed by atoms with Crippen LogP contribution in [-0.2, 0) is 33.6 Å². The van der Waals surface area contributed by atoms with Crippen molar-refractivity contribution >= 4 is 41.4 Å². The molecule has 0 aromatic rings. The number of hydrogen-bond donors (Lipinski definition) is 7. The molecule has 0 aromatic carbocycles. The van der Waals surface area contributed by atoms with Gasteiger partial charge in [0.05, 0.1) is 0 Å². The highest BCUT2D eigenvalue weighted by atomic mass is 16.2. The van der Waals surface area contributed by atoms with Crippen LogP contribution < -0.4 is 37.2 Å². The molecule has 0 atom stereocenters. The zero-order chi connectivity index (χ0) is 40.7. The van der Waals surface area contributed by atoms with Gasteiger partial charge in [-0.15, -0.1) is 0 Å². The van der Waals surface area contributed by atoms with Crippen molar-refractivity contribution in [1.29, 1.82) is 0 Å². The first-order valence-electron chi connectivity index (χ1n) is 22.1. The molecule has 1 heterocycles. The molecule has 0 radical (unpaired) electrons. The highest BCUT2D eigenvalue weighted by molar-refractivity contribution is 5.78. The molecule has 0 bridgehead atoms. The Labute approximate surface area is 337 Å². The summed E-state index contributed by atoms with van der Waals surface area (Å²) in [5.41, 5.74) is 0. The maximum absolute atomic E-state index is 12.1. The normalized spacial score (nSPS) is 21.8. The topological polar surface area (TPSA) is 204 Å². The second kappa shape index (κ2) is 36.9. The van der Waals surface area contributed by atoms with Gasteiger partial charge in [0.1, 0.15) is 0 Å². The molecule has 0 aromatic heterocycles. The lowest BCUT2D eigenvalue weighted by Crippen LogP contribution is -2.26. The molecule has 0 unspecified atom stereocenters. The molecule has 1 aliphatic rings. The minimum atomic E-state index is 0.0384. The largest absolute Gasteiger partial charge is 0.356 e. The van der Waals surface area contributed by atoms with E-state index in [1.807, 2.05) is 0 Å². The van der Waals surface area contributed by atoms with Crippen molar-refractivity contribution in [3.05, 3.63) is 0 Å². The first-order chi connectivity index (χ1) is 27.3. The van der Waals surface area contributed by atoms with Gasteiger partial charge >= 0.3 is 0 Å². The maximum atomic E-state index is 12.1.